The predicted molar refractivity (Wildman–Crippen MR) is 202 cm³/mol. The number of imide groups is 1. The molecule has 12 unspecified atom stereocenters. The van der Waals surface area contributed by atoms with Gasteiger partial charge in [0.2, 0.25) is 0 Å². The number of rotatable bonds is 12. The summed E-state index contributed by atoms with van der Waals surface area (Å²) < 4.78 is 18.4. The van der Waals surface area contributed by atoms with E-state index in [1.807, 2.05) is 13.8 Å². The molecule has 0 aromatic heterocycles. The molecule has 3 aliphatic carbocycles. The molecule has 2 saturated heterocycles. The number of aliphatic hydroxyl groups excluding tert-OH is 4. The third-order valence-electron chi connectivity index (χ3n) is 14.2. The first kappa shape index (κ1) is 43.7. The van der Waals surface area contributed by atoms with Crippen LogP contribution >= 0.6 is 0 Å². The molecular weight excluding hydrogens is 744 g/mol. The highest BCUT2D eigenvalue weighted by Gasteiger charge is 2.63. The van der Waals surface area contributed by atoms with E-state index in [2.05, 4.69) is 15.6 Å². The number of amides is 2. The number of nitrogens with zero attached hydrogens (tertiary/aromatic N) is 2. The van der Waals surface area contributed by atoms with Gasteiger partial charge >= 0.3 is 0 Å². The predicted octanol–water partition coefficient (Wildman–Crippen LogP) is -2.63. The molecule has 3 heterocycles. The van der Waals surface area contributed by atoms with E-state index in [-0.39, 0.29) is 61.2 Å². The van der Waals surface area contributed by atoms with Crippen molar-refractivity contribution >= 4 is 29.3 Å². The maximum Gasteiger partial charge on any atom is 0.253 e. The van der Waals surface area contributed by atoms with Gasteiger partial charge in [-0.25, -0.2) is 0 Å². The Morgan fingerprint density at radius 2 is 1.75 bits per heavy atom. The Labute approximate surface area is 332 Å². The molecule has 18 heteroatoms. The van der Waals surface area contributed by atoms with E-state index < -0.39 is 109 Å². The molecule has 18 nitrogen and oxygen atoms in total. The molecule has 320 valence electrons. The zero-order chi connectivity index (χ0) is 41.5. The zero-order valence-corrected chi connectivity index (χ0v) is 33.2. The van der Waals surface area contributed by atoms with Gasteiger partial charge in [0.25, 0.3) is 11.8 Å². The van der Waals surface area contributed by atoms with Crippen molar-refractivity contribution in [3.63, 3.8) is 0 Å². The number of nitrogens with one attached hydrogen (secondary N) is 2. The molecule has 5 fully saturated rings. The number of nitrogens with two attached hydrogens (primary N) is 2. The second-order valence-corrected chi connectivity index (χ2v) is 17.1. The second-order valence-electron chi connectivity index (χ2n) is 17.1. The lowest BCUT2D eigenvalue weighted by molar-refractivity contribution is -0.349. The van der Waals surface area contributed by atoms with Gasteiger partial charge in [0.1, 0.15) is 35.5 Å². The summed E-state index contributed by atoms with van der Waals surface area (Å²) in [7, 11) is 3.04. The first-order valence-corrected chi connectivity index (χ1v) is 20.4. The molecule has 2 amide bonds. The molecule has 18 atom stereocenters. The fourth-order valence-corrected chi connectivity index (χ4v) is 11.1. The minimum absolute atomic E-state index is 0.104. The van der Waals surface area contributed by atoms with Gasteiger partial charge in [-0.2, -0.15) is 0 Å². The summed E-state index contributed by atoms with van der Waals surface area (Å²) in [4.78, 5) is 59.5. The van der Waals surface area contributed by atoms with E-state index in [1.165, 1.54) is 14.2 Å². The van der Waals surface area contributed by atoms with Crippen LogP contribution in [-0.4, -0.2) is 155 Å². The molecule has 0 aromatic rings. The highest BCUT2D eigenvalue weighted by atomic mass is 16.7. The molecule has 0 radical (unpaired) electrons. The van der Waals surface area contributed by atoms with E-state index in [4.69, 9.17) is 25.7 Å². The SMILES string of the molecule is CCC1C(OC)CC(O[C@H]2O[C@H](CO)[C@](O)(C[C@H](CN3C(=O)C=CC3=O)C3CCNC(N)C3)[C@H](O)[C@H]2O)C2C(=O)C3C(CC(C)C(CNC(N)=NC)C3O)C(=O)C12. The quantitative estimate of drug-likeness (QED) is 0.0554. The van der Waals surface area contributed by atoms with E-state index in [1.54, 1.807) is 0 Å². The van der Waals surface area contributed by atoms with Crippen LogP contribution in [0.15, 0.2) is 17.1 Å². The second kappa shape index (κ2) is 17.7. The van der Waals surface area contributed by atoms with Crippen LogP contribution in [0.5, 0.6) is 0 Å². The lowest BCUT2D eigenvalue weighted by Crippen LogP contribution is -2.69. The summed E-state index contributed by atoms with van der Waals surface area (Å²) in [6.45, 7) is 3.72. The first-order chi connectivity index (χ1) is 27.1. The zero-order valence-electron chi connectivity index (χ0n) is 33.2. The molecule has 3 aliphatic heterocycles. The number of hydrogen-bond acceptors (Lipinski definition) is 15. The van der Waals surface area contributed by atoms with Crippen LogP contribution < -0.4 is 22.1 Å². The number of carbonyl (C=O) groups is 4. The summed E-state index contributed by atoms with van der Waals surface area (Å²) in [6, 6.07) is 0. The van der Waals surface area contributed by atoms with E-state index in [0.29, 0.717) is 32.2 Å². The smallest absolute Gasteiger partial charge is 0.253 e. The number of aliphatic imine (C=N–C) groups is 1. The molecule has 11 N–H and O–H groups in total. The van der Waals surface area contributed by atoms with Gasteiger partial charge in [-0.05, 0) is 55.9 Å². The van der Waals surface area contributed by atoms with Crippen molar-refractivity contribution in [1.82, 2.24) is 15.5 Å². The molecule has 0 bridgehead atoms. The monoisotopic (exact) mass is 806 g/mol. The molecule has 0 aromatic carbocycles. The molecule has 57 heavy (non-hydrogen) atoms. The van der Waals surface area contributed by atoms with E-state index in [0.717, 1.165) is 17.1 Å². The third-order valence-corrected chi connectivity index (χ3v) is 14.2. The first-order valence-electron chi connectivity index (χ1n) is 20.4. The molecule has 6 aliphatic rings. The Morgan fingerprint density at radius 3 is 2.37 bits per heavy atom. The number of hydrogen-bond donors (Lipinski definition) is 9. The van der Waals surface area contributed by atoms with E-state index in [9.17, 15) is 44.7 Å². The highest BCUT2D eigenvalue weighted by Crippen LogP contribution is 2.53. The minimum atomic E-state index is -2.29. The summed E-state index contributed by atoms with van der Waals surface area (Å²) in [6.07, 6.45) is -6.14. The highest BCUT2D eigenvalue weighted by molar-refractivity contribution is 6.12. The third kappa shape index (κ3) is 8.19. The van der Waals surface area contributed by atoms with Gasteiger partial charge in [0.15, 0.2) is 12.2 Å². The number of aliphatic hydroxyl groups is 5. The number of ketones is 2. The summed E-state index contributed by atoms with van der Waals surface area (Å²) in [5.41, 5.74) is 9.79. The lowest BCUT2D eigenvalue weighted by Gasteiger charge is -2.55. The fourth-order valence-electron chi connectivity index (χ4n) is 11.1. The van der Waals surface area contributed by atoms with Gasteiger partial charge in [-0.1, -0.05) is 20.3 Å². The maximum atomic E-state index is 14.8. The molecule has 3 saturated carbocycles. The van der Waals surface area contributed by atoms with Gasteiger partial charge in [0.05, 0.1) is 42.9 Å². The van der Waals surface area contributed by atoms with Crippen molar-refractivity contribution in [3.05, 3.63) is 12.2 Å². The van der Waals surface area contributed by atoms with Crippen molar-refractivity contribution in [1.29, 1.82) is 0 Å². The Morgan fingerprint density at radius 1 is 1.05 bits per heavy atom. The largest absolute Gasteiger partial charge is 0.394 e. The molecule has 6 rings (SSSR count). The number of Topliss-reactive ketones (excluding diaryl/α,β-unsaturated/α-hetero) is 2. The summed E-state index contributed by atoms with van der Waals surface area (Å²) in [5, 5.41) is 64.1. The average Bonchev–Trinajstić information content (AvgIpc) is 3.51. The van der Waals surface area contributed by atoms with Gasteiger partial charge < -0.3 is 61.8 Å². The number of carbonyl (C=O) groups excluding carboxylic acids is 4. The Hall–Kier alpha value is -2.91. The van der Waals surface area contributed by atoms with Crippen molar-refractivity contribution in [2.75, 3.05) is 40.4 Å². The topological polar surface area (TPSA) is 289 Å². The van der Waals surface area contributed by atoms with Crippen molar-refractivity contribution < 1.29 is 58.9 Å². The summed E-state index contributed by atoms with van der Waals surface area (Å²) >= 11 is 0. The number of methoxy groups -OCH3 is 1. The van der Waals surface area contributed by atoms with Crippen LogP contribution in [0, 0.1) is 53.3 Å². The van der Waals surface area contributed by atoms with Crippen LogP contribution in [0.3, 0.4) is 0 Å². The standard InChI is InChI=1S/C39H62N6O12/c1-5-20-23(55-4)12-24(31-29(20)32(49)21-10-17(2)22(14-44-38(41)42-3)33(50)30(21)34(31)51)56-37-35(52)36(53)39(54,25(16-46)57-37)13-19(18-8-9-43-26(40)11-18)15-45-27(47)6-7-28(45)48/h6-7,17-26,29-31,33,35-37,43,46,50,52-54H,5,8-16,40H2,1-4H3,(H3,41,42,44)/t17?,18?,19-,20?,21?,22?,23?,24?,25-,26?,29?,30?,31?,33?,35-,36-,37+,39-/m1/s1. The fraction of sp³-hybridized carbons (Fsp3) is 0.821. The number of piperidine rings is 1. The van der Waals surface area contributed by atoms with Crippen LogP contribution in [0.1, 0.15) is 52.4 Å². The van der Waals surface area contributed by atoms with Crippen molar-refractivity contribution in [2.24, 2.45) is 69.7 Å². The Kier molecular flexibility index (Phi) is 13.6. The van der Waals surface area contributed by atoms with Crippen molar-refractivity contribution in [2.45, 2.75) is 107 Å². The van der Waals surface area contributed by atoms with Crippen LogP contribution in [-0.2, 0) is 33.4 Å². The van der Waals surface area contributed by atoms with E-state index >= 15 is 0 Å². The van der Waals surface area contributed by atoms with Crippen LogP contribution in [0.4, 0.5) is 0 Å². The Balaban J connectivity index is 1.26. The summed E-state index contributed by atoms with van der Waals surface area (Å²) in [5.74, 6) is -6.67. The van der Waals surface area contributed by atoms with Crippen LogP contribution in [0.2, 0.25) is 0 Å². The lowest BCUT2D eigenvalue weighted by atomic mass is 9.51. The minimum Gasteiger partial charge on any atom is -0.394 e. The maximum absolute atomic E-state index is 14.8. The Bertz CT molecular complexity index is 1540. The number of fused-ring (bicyclic) bond motifs is 2. The van der Waals surface area contributed by atoms with Gasteiger partial charge in [0, 0.05) is 63.6 Å². The molecule has 0 spiro atoms. The van der Waals surface area contributed by atoms with Gasteiger partial charge in [-0.3, -0.25) is 29.1 Å². The number of ether oxygens (including phenoxy) is 3. The number of guanidine groups is 1. The average molecular weight is 807 g/mol. The van der Waals surface area contributed by atoms with Crippen LogP contribution in [0.25, 0.3) is 0 Å². The van der Waals surface area contributed by atoms with Gasteiger partial charge in [-0.15, -0.1) is 0 Å². The normalized spacial score (nSPS) is 44.5. The molecular formula is C39H62N6O12. The van der Waals surface area contributed by atoms with Crippen molar-refractivity contribution in [3.8, 4) is 0 Å².